The molecule has 0 bridgehead atoms. The predicted octanol–water partition coefficient (Wildman–Crippen LogP) is 2.14. The van der Waals surface area contributed by atoms with Crippen LogP contribution < -0.4 is 5.32 Å². The summed E-state index contributed by atoms with van der Waals surface area (Å²) in [6, 6.07) is 7.55. The summed E-state index contributed by atoms with van der Waals surface area (Å²) in [5.74, 6) is -1.92. The summed E-state index contributed by atoms with van der Waals surface area (Å²) in [4.78, 5) is 23.6. The van der Waals surface area contributed by atoms with Crippen LogP contribution in [0, 0.1) is 5.92 Å². The van der Waals surface area contributed by atoms with Gasteiger partial charge in [0.1, 0.15) is 6.04 Å². The van der Waals surface area contributed by atoms with Gasteiger partial charge in [0, 0.05) is 5.92 Å². The van der Waals surface area contributed by atoms with Crippen LogP contribution in [0.25, 0.3) is 0 Å². The van der Waals surface area contributed by atoms with E-state index in [0.717, 1.165) is 0 Å². The Morgan fingerprint density at radius 1 is 1.27 bits per heavy atom. The molecule has 2 N–H and O–H groups in total. The van der Waals surface area contributed by atoms with Crippen LogP contribution in [-0.2, 0) is 9.59 Å². The first-order chi connectivity index (χ1) is 10.1. The van der Waals surface area contributed by atoms with Crippen LogP contribution in [0.5, 0.6) is 0 Å². The molecule has 22 heavy (non-hydrogen) atoms. The van der Waals surface area contributed by atoms with Crippen LogP contribution >= 0.6 is 0 Å². The van der Waals surface area contributed by atoms with Crippen molar-refractivity contribution in [3.8, 4) is 0 Å². The summed E-state index contributed by atoms with van der Waals surface area (Å²) in [5.41, 5.74) is -2.23. The zero-order valence-electron chi connectivity index (χ0n) is 11.9. The van der Waals surface area contributed by atoms with Crippen molar-refractivity contribution in [2.24, 2.45) is 5.92 Å². The number of aliphatic hydroxyl groups is 1. The van der Waals surface area contributed by atoms with E-state index in [2.05, 4.69) is 5.32 Å². The van der Waals surface area contributed by atoms with Gasteiger partial charge in [-0.05, 0) is 25.3 Å². The molecule has 0 saturated heterocycles. The summed E-state index contributed by atoms with van der Waals surface area (Å²) >= 11 is 0. The molecule has 0 heterocycles. The monoisotopic (exact) mass is 315 g/mol. The lowest BCUT2D eigenvalue weighted by molar-refractivity contribution is -0.296. The third kappa shape index (κ3) is 3.14. The molecule has 1 aromatic rings. The van der Waals surface area contributed by atoms with Gasteiger partial charge in [-0.25, -0.2) is 0 Å². The Balaban J connectivity index is 2.02. The number of hydrogen-bond acceptors (Lipinski definition) is 3. The molecule has 0 aromatic heterocycles. The average molecular weight is 315 g/mol. The molecule has 4 nitrogen and oxygen atoms in total. The number of Topliss-reactive ketones (excluding diaryl/α,β-unsaturated/α-hetero) is 1. The van der Waals surface area contributed by atoms with Crippen LogP contribution in [0.15, 0.2) is 30.3 Å². The van der Waals surface area contributed by atoms with Crippen molar-refractivity contribution in [3.63, 3.8) is 0 Å². The summed E-state index contributed by atoms with van der Waals surface area (Å²) in [5, 5.41) is 11.8. The minimum atomic E-state index is -4.75. The summed E-state index contributed by atoms with van der Waals surface area (Å²) in [6.45, 7) is 1.30. The van der Waals surface area contributed by atoms with E-state index in [1.165, 1.54) is 6.92 Å². The topological polar surface area (TPSA) is 66.4 Å². The van der Waals surface area contributed by atoms with Crippen LogP contribution in [-0.4, -0.2) is 28.6 Å². The summed E-state index contributed by atoms with van der Waals surface area (Å²) in [7, 11) is 0. The van der Waals surface area contributed by atoms with E-state index in [-0.39, 0.29) is 5.78 Å². The highest BCUT2D eigenvalue weighted by Gasteiger charge is 2.62. The Morgan fingerprint density at radius 2 is 1.82 bits per heavy atom. The standard InChI is InChI=1S/C15H16F3NO3/c1-9(20)12(10-5-3-2-4-6-10)19-13(21)11-7-14(22,8-11)15(16,17)18/h2-6,11-12,22H,7-8H2,1H3,(H,19,21). The van der Waals surface area contributed by atoms with Crippen molar-refractivity contribution in [2.75, 3.05) is 0 Å². The molecule has 1 atom stereocenters. The van der Waals surface area contributed by atoms with E-state index < -0.39 is 42.5 Å². The second kappa shape index (κ2) is 5.72. The Kier molecular flexibility index (Phi) is 4.28. The van der Waals surface area contributed by atoms with Crippen molar-refractivity contribution in [3.05, 3.63) is 35.9 Å². The lowest BCUT2D eigenvalue weighted by Gasteiger charge is -2.43. The van der Waals surface area contributed by atoms with Gasteiger partial charge in [0.25, 0.3) is 0 Å². The summed E-state index contributed by atoms with van der Waals surface area (Å²) < 4.78 is 37.6. The molecule has 1 amide bonds. The number of hydrogen-bond donors (Lipinski definition) is 2. The molecule has 1 unspecified atom stereocenters. The molecule has 0 spiro atoms. The van der Waals surface area contributed by atoms with E-state index in [1.54, 1.807) is 30.3 Å². The van der Waals surface area contributed by atoms with E-state index in [0.29, 0.717) is 5.56 Å². The van der Waals surface area contributed by atoms with Gasteiger partial charge in [-0.1, -0.05) is 30.3 Å². The number of amides is 1. The van der Waals surface area contributed by atoms with Gasteiger partial charge in [-0.15, -0.1) is 0 Å². The molecule has 7 heteroatoms. The third-order valence-electron chi connectivity index (χ3n) is 3.89. The number of halogens is 3. The van der Waals surface area contributed by atoms with Crippen LogP contribution in [0.3, 0.4) is 0 Å². The number of nitrogens with one attached hydrogen (secondary N) is 1. The minimum absolute atomic E-state index is 0.315. The number of rotatable bonds is 4. The Bertz CT molecular complexity index is 565. The second-order valence-electron chi connectivity index (χ2n) is 5.60. The molecule has 1 saturated carbocycles. The van der Waals surface area contributed by atoms with Crippen molar-refractivity contribution < 1.29 is 27.9 Å². The maximum Gasteiger partial charge on any atom is 0.417 e. The maximum absolute atomic E-state index is 12.5. The Labute approximate surface area is 125 Å². The number of carbonyl (C=O) groups is 2. The van der Waals surface area contributed by atoms with Gasteiger partial charge in [0.15, 0.2) is 11.4 Å². The molecule has 1 aromatic carbocycles. The fraction of sp³-hybridized carbons (Fsp3) is 0.467. The van der Waals surface area contributed by atoms with E-state index in [4.69, 9.17) is 0 Å². The highest BCUT2D eigenvalue weighted by atomic mass is 19.4. The van der Waals surface area contributed by atoms with Crippen molar-refractivity contribution >= 4 is 11.7 Å². The van der Waals surface area contributed by atoms with Crippen LogP contribution in [0.1, 0.15) is 31.4 Å². The van der Waals surface area contributed by atoms with Crippen molar-refractivity contribution in [1.82, 2.24) is 5.32 Å². The quantitative estimate of drug-likeness (QED) is 0.894. The van der Waals surface area contributed by atoms with Gasteiger partial charge in [0.2, 0.25) is 5.91 Å². The lowest BCUT2D eigenvalue weighted by Crippen LogP contribution is -2.58. The number of carbonyl (C=O) groups excluding carboxylic acids is 2. The van der Waals surface area contributed by atoms with E-state index in [1.807, 2.05) is 0 Å². The summed E-state index contributed by atoms with van der Waals surface area (Å²) in [6.07, 6.45) is -6.10. The highest BCUT2D eigenvalue weighted by molar-refractivity contribution is 5.89. The third-order valence-corrected chi connectivity index (χ3v) is 3.89. The number of benzene rings is 1. The van der Waals surface area contributed by atoms with Gasteiger partial charge < -0.3 is 10.4 Å². The van der Waals surface area contributed by atoms with Crippen LogP contribution in [0.2, 0.25) is 0 Å². The van der Waals surface area contributed by atoms with Gasteiger partial charge in [-0.3, -0.25) is 9.59 Å². The molecule has 0 radical (unpaired) electrons. The molecular weight excluding hydrogens is 299 g/mol. The first kappa shape index (κ1) is 16.5. The SMILES string of the molecule is CC(=O)C(NC(=O)C1CC(O)(C(F)(F)F)C1)c1ccccc1. The molecule has 120 valence electrons. The smallest absolute Gasteiger partial charge is 0.380 e. The Morgan fingerprint density at radius 3 is 2.27 bits per heavy atom. The number of alkyl halides is 3. The average Bonchev–Trinajstić information content (AvgIpc) is 2.40. The second-order valence-corrected chi connectivity index (χ2v) is 5.60. The molecule has 1 aliphatic rings. The zero-order chi connectivity index (χ0) is 16.5. The van der Waals surface area contributed by atoms with Gasteiger partial charge >= 0.3 is 6.18 Å². The van der Waals surface area contributed by atoms with Gasteiger partial charge in [0.05, 0.1) is 0 Å². The predicted molar refractivity (Wildman–Crippen MR) is 71.7 cm³/mol. The first-order valence-electron chi connectivity index (χ1n) is 6.79. The van der Waals surface area contributed by atoms with Crippen molar-refractivity contribution in [1.29, 1.82) is 0 Å². The first-order valence-corrected chi connectivity index (χ1v) is 6.79. The molecule has 1 aliphatic carbocycles. The highest BCUT2D eigenvalue weighted by Crippen LogP contribution is 2.48. The van der Waals surface area contributed by atoms with Crippen LogP contribution in [0.4, 0.5) is 13.2 Å². The zero-order valence-corrected chi connectivity index (χ0v) is 11.9. The van der Waals surface area contributed by atoms with E-state index >= 15 is 0 Å². The molecular formula is C15H16F3NO3. The molecule has 0 aliphatic heterocycles. The number of ketones is 1. The van der Waals surface area contributed by atoms with Crippen molar-refractivity contribution in [2.45, 2.75) is 37.6 Å². The largest absolute Gasteiger partial charge is 0.417 e. The normalized spacial score (nSPS) is 26.0. The maximum atomic E-state index is 12.5. The van der Waals surface area contributed by atoms with Gasteiger partial charge in [-0.2, -0.15) is 13.2 Å². The fourth-order valence-corrected chi connectivity index (χ4v) is 2.50. The minimum Gasteiger partial charge on any atom is -0.380 e. The fourth-order valence-electron chi connectivity index (χ4n) is 2.50. The molecule has 1 fully saturated rings. The van der Waals surface area contributed by atoms with E-state index in [9.17, 15) is 27.9 Å². The lowest BCUT2D eigenvalue weighted by atomic mass is 9.70. The Hall–Kier alpha value is -1.89. The molecule has 2 rings (SSSR count).